The average molecular weight is 468 g/mol. The molecule has 1 aromatic carbocycles. The molecular formula is C19H29IN6. The molecule has 0 saturated carbocycles. The monoisotopic (exact) mass is 468 g/mol. The number of hydrogen-bond donors (Lipinski definition) is 1. The molecule has 0 bridgehead atoms. The van der Waals surface area contributed by atoms with Crippen LogP contribution in [0.5, 0.6) is 0 Å². The number of guanidine groups is 1. The van der Waals surface area contributed by atoms with E-state index in [4.69, 9.17) is 0 Å². The molecule has 1 fully saturated rings. The highest BCUT2D eigenvalue weighted by Crippen LogP contribution is 2.16. The number of hydrogen-bond acceptors (Lipinski definition) is 3. The lowest BCUT2D eigenvalue weighted by molar-refractivity contribution is 0.372. The van der Waals surface area contributed by atoms with Gasteiger partial charge in [0.1, 0.15) is 0 Å². The Hall–Kier alpha value is -1.77. The number of aromatic nitrogens is 2. The van der Waals surface area contributed by atoms with Gasteiger partial charge in [-0.25, -0.2) is 0 Å². The third-order valence-corrected chi connectivity index (χ3v) is 4.99. The second-order valence-corrected chi connectivity index (χ2v) is 6.48. The van der Waals surface area contributed by atoms with Crippen molar-refractivity contribution in [2.45, 2.75) is 20.4 Å². The number of rotatable bonds is 3. The van der Waals surface area contributed by atoms with Crippen LogP contribution in [-0.4, -0.2) is 53.9 Å². The van der Waals surface area contributed by atoms with Crippen LogP contribution in [0.1, 0.15) is 17.0 Å². The molecule has 1 aliphatic rings. The van der Waals surface area contributed by atoms with Crippen molar-refractivity contribution in [2.75, 3.05) is 38.1 Å². The smallest absolute Gasteiger partial charge is 0.194 e. The Kier molecular flexibility index (Phi) is 7.31. The summed E-state index contributed by atoms with van der Waals surface area (Å²) in [4.78, 5) is 9.24. The standard InChI is InChI=1S/C19H28N6.HI/c1-15-18(16(2)23(4)22-15)14-21-19(20-3)25-12-10-24(11-13-25)17-8-6-5-7-9-17;/h5-9H,10-14H2,1-4H3,(H,20,21);1H. The zero-order valence-electron chi connectivity index (χ0n) is 16.1. The minimum Gasteiger partial charge on any atom is -0.368 e. The lowest BCUT2D eigenvalue weighted by atomic mass is 10.2. The van der Waals surface area contributed by atoms with Crippen LogP contribution in [-0.2, 0) is 13.6 Å². The molecule has 0 spiro atoms. The fourth-order valence-electron chi connectivity index (χ4n) is 3.39. The minimum absolute atomic E-state index is 0. The van der Waals surface area contributed by atoms with Gasteiger partial charge in [-0.1, -0.05) is 18.2 Å². The number of aryl methyl sites for hydroxylation is 2. The summed E-state index contributed by atoms with van der Waals surface area (Å²) in [5.41, 5.74) is 4.84. The molecule has 2 heterocycles. The molecule has 26 heavy (non-hydrogen) atoms. The highest BCUT2D eigenvalue weighted by Gasteiger charge is 2.20. The first-order valence-electron chi connectivity index (χ1n) is 8.85. The van der Waals surface area contributed by atoms with Crippen molar-refractivity contribution in [3.05, 3.63) is 47.3 Å². The molecule has 1 aromatic heterocycles. The fourth-order valence-corrected chi connectivity index (χ4v) is 3.39. The van der Waals surface area contributed by atoms with Crippen LogP contribution in [0.25, 0.3) is 0 Å². The van der Waals surface area contributed by atoms with Gasteiger partial charge in [0.15, 0.2) is 5.96 Å². The van der Waals surface area contributed by atoms with Crippen molar-refractivity contribution in [2.24, 2.45) is 12.0 Å². The number of aliphatic imine (C=N–C) groups is 1. The van der Waals surface area contributed by atoms with Crippen LogP contribution in [0.2, 0.25) is 0 Å². The molecule has 0 aliphatic carbocycles. The van der Waals surface area contributed by atoms with Gasteiger partial charge in [-0.05, 0) is 26.0 Å². The van der Waals surface area contributed by atoms with Crippen molar-refractivity contribution in [3.63, 3.8) is 0 Å². The normalized spacial score (nSPS) is 15.0. The lowest BCUT2D eigenvalue weighted by Crippen LogP contribution is -2.52. The Morgan fingerprint density at radius 1 is 1.12 bits per heavy atom. The maximum absolute atomic E-state index is 4.49. The van der Waals surface area contributed by atoms with E-state index in [1.54, 1.807) is 0 Å². The van der Waals surface area contributed by atoms with E-state index >= 15 is 0 Å². The van der Waals surface area contributed by atoms with Crippen LogP contribution in [0, 0.1) is 13.8 Å². The van der Waals surface area contributed by atoms with Gasteiger partial charge in [0.2, 0.25) is 0 Å². The van der Waals surface area contributed by atoms with Crippen molar-refractivity contribution in [1.82, 2.24) is 20.0 Å². The Balaban J connectivity index is 0.00000243. The lowest BCUT2D eigenvalue weighted by Gasteiger charge is -2.37. The highest BCUT2D eigenvalue weighted by molar-refractivity contribution is 14.0. The van der Waals surface area contributed by atoms with Gasteiger partial charge >= 0.3 is 0 Å². The summed E-state index contributed by atoms with van der Waals surface area (Å²) in [6.07, 6.45) is 0. The van der Waals surface area contributed by atoms with Crippen molar-refractivity contribution >= 4 is 35.6 Å². The third-order valence-electron chi connectivity index (χ3n) is 4.99. The predicted molar refractivity (Wildman–Crippen MR) is 119 cm³/mol. The summed E-state index contributed by atoms with van der Waals surface area (Å²) in [6.45, 7) is 8.89. The number of nitrogens with one attached hydrogen (secondary N) is 1. The molecule has 0 radical (unpaired) electrons. The molecular weight excluding hydrogens is 439 g/mol. The summed E-state index contributed by atoms with van der Waals surface area (Å²) < 4.78 is 1.94. The van der Waals surface area contributed by atoms with Crippen LogP contribution < -0.4 is 10.2 Å². The van der Waals surface area contributed by atoms with Gasteiger partial charge in [-0.3, -0.25) is 9.67 Å². The quantitative estimate of drug-likeness (QED) is 0.428. The highest BCUT2D eigenvalue weighted by atomic mass is 127. The molecule has 3 rings (SSSR count). The summed E-state index contributed by atoms with van der Waals surface area (Å²) in [6, 6.07) is 10.6. The van der Waals surface area contributed by atoms with Crippen molar-refractivity contribution in [1.29, 1.82) is 0 Å². The molecule has 142 valence electrons. The molecule has 0 atom stereocenters. The minimum atomic E-state index is 0. The maximum Gasteiger partial charge on any atom is 0.194 e. The SMILES string of the molecule is CN=C(NCc1c(C)nn(C)c1C)N1CCN(c2ccccc2)CC1.I. The molecule has 6 nitrogen and oxygen atoms in total. The van der Waals surface area contributed by atoms with Gasteiger partial charge in [0.05, 0.1) is 5.69 Å². The molecule has 1 N–H and O–H groups in total. The van der Waals surface area contributed by atoms with E-state index in [0.29, 0.717) is 0 Å². The van der Waals surface area contributed by atoms with Crippen LogP contribution >= 0.6 is 24.0 Å². The molecule has 7 heteroatoms. The van der Waals surface area contributed by atoms with E-state index < -0.39 is 0 Å². The van der Waals surface area contributed by atoms with Gasteiger partial charge in [0.25, 0.3) is 0 Å². The molecule has 2 aromatic rings. The summed E-state index contributed by atoms with van der Waals surface area (Å²) in [7, 11) is 3.85. The number of benzene rings is 1. The van der Waals surface area contributed by atoms with Gasteiger partial charge in [-0.2, -0.15) is 5.10 Å². The van der Waals surface area contributed by atoms with E-state index in [1.165, 1.54) is 16.9 Å². The van der Waals surface area contributed by atoms with Crippen molar-refractivity contribution < 1.29 is 0 Å². The molecule has 1 aliphatic heterocycles. The molecule has 0 amide bonds. The van der Waals surface area contributed by atoms with Crippen LogP contribution in [0.3, 0.4) is 0 Å². The summed E-state index contributed by atoms with van der Waals surface area (Å²) >= 11 is 0. The first-order valence-corrected chi connectivity index (χ1v) is 8.85. The Bertz CT molecular complexity index is 732. The Morgan fingerprint density at radius 3 is 2.31 bits per heavy atom. The summed E-state index contributed by atoms with van der Waals surface area (Å²) in [5.74, 6) is 0.968. The Labute approximate surface area is 173 Å². The maximum atomic E-state index is 4.49. The number of anilines is 1. The topological polar surface area (TPSA) is 48.7 Å². The van der Waals surface area contributed by atoms with Gasteiger partial charge in [0, 0.05) is 63.8 Å². The average Bonchev–Trinajstić information content (AvgIpc) is 2.89. The zero-order chi connectivity index (χ0) is 17.8. The van der Waals surface area contributed by atoms with E-state index in [-0.39, 0.29) is 24.0 Å². The predicted octanol–water partition coefficient (Wildman–Crippen LogP) is 2.55. The van der Waals surface area contributed by atoms with Gasteiger partial charge in [-0.15, -0.1) is 24.0 Å². The molecule has 1 saturated heterocycles. The second kappa shape index (κ2) is 9.25. The van der Waals surface area contributed by atoms with Crippen molar-refractivity contribution in [3.8, 4) is 0 Å². The van der Waals surface area contributed by atoms with E-state index in [9.17, 15) is 0 Å². The van der Waals surface area contributed by atoms with E-state index in [2.05, 4.69) is 69.4 Å². The second-order valence-electron chi connectivity index (χ2n) is 6.48. The number of para-hydroxylation sites is 1. The third kappa shape index (κ3) is 4.49. The zero-order valence-corrected chi connectivity index (χ0v) is 18.4. The Morgan fingerprint density at radius 2 is 1.77 bits per heavy atom. The van der Waals surface area contributed by atoms with Crippen LogP contribution in [0.15, 0.2) is 35.3 Å². The number of piperazine rings is 1. The van der Waals surface area contributed by atoms with E-state index in [1.807, 2.05) is 18.8 Å². The summed E-state index contributed by atoms with van der Waals surface area (Å²) in [5, 5.41) is 8.00. The van der Waals surface area contributed by atoms with E-state index in [0.717, 1.165) is 44.4 Å². The number of nitrogens with zero attached hydrogens (tertiary/aromatic N) is 5. The number of halogens is 1. The molecule has 0 unspecified atom stereocenters. The fraction of sp³-hybridized carbons (Fsp3) is 0.474. The first kappa shape index (κ1) is 20.5. The largest absolute Gasteiger partial charge is 0.368 e. The first-order chi connectivity index (χ1) is 12.1. The van der Waals surface area contributed by atoms with Gasteiger partial charge < -0.3 is 15.1 Å². The van der Waals surface area contributed by atoms with Crippen LogP contribution in [0.4, 0.5) is 5.69 Å².